The quantitative estimate of drug-likeness (QED) is 0.501. The molecule has 1 fully saturated rings. The summed E-state index contributed by atoms with van der Waals surface area (Å²) < 4.78 is 59.0. The highest BCUT2D eigenvalue weighted by molar-refractivity contribution is 7.92. The predicted molar refractivity (Wildman–Crippen MR) is 122 cm³/mol. The van der Waals surface area contributed by atoms with Crippen LogP contribution in [0.25, 0.3) is 0 Å². The highest BCUT2D eigenvalue weighted by Crippen LogP contribution is 2.20. The van der Waals surface area contributed by atoms with Gasteiger partial charge in [0, 0.05) is 26.2 Å². The molecule has 1 N–H and O–H groups in total. The summed E-state index contributed by atoms with van der Waals surface area (Å²) in [5.74, 6) is -3.97. The maximum absolute atomic E-state index is 14.0. The molecule has 1 aliphatic heterocycles. The third-order valence-electron chi connectivity index (χ3n) is 5.67. The van der Waals surface area contributed by atoms with Crippen LogP contribution in [0.5, 0.6) is 0 Å². The van der Waals surface area contributed by atoms with Crippen LogP contribution in [0.3, 0.4) is 0 Å². The van der Waals surface area contributed by atoms with Crippen LogP contribution in [0.4, 0.5) is 8.78 Å². The first-order valence-electron chi connectivity index (χ1n) is 10.8. The molecule has 36 heavy (non-hydrogen) atoms. The average molecular weight is 518 g/mol. The fraction of sp³-hybridized carbons (Fsp3) is 0.208. The van der Waals surface area contributed by atoms with E-state index in [1.807, 2.05) is 0 Å². The lowest BCUT2D eigenvalue weighted by Crippen LogP contribution is -2.57. The summed E-state index contributed by atoms with van der Waals surface area (Å²) in [6.07, 6.45) is 1.21. The second-order valence-electron chi connectivity index (χ2n) is 7.93. The molecule has 1 saturated heterocycles. The van der Waals surface area contributed by atoms with Crippen molar-refractivity contribution in [3.63, 3.8) is 0 Å². The average Bonchev–Trinajstić information content (AvgIpc) is 3.42. The Morgan fingerprint density at radius 3 is 2.11 bits per heavy atom. The van der Waals surface area contributed by atoms with Crippen molar-refractivity contribution in [3.05, 3.63) is 89.9 Å². The van der Waals surface area contributed by atoms with E-state index in [-0.39, 0.29) is 42.4 Å². The van der Waals surface area contributed by atoms with E-state index in [1.165, 1.54) is 52.5 Å². The Morgan fingerprint density at radius 2 is 1.50 bits per heavy atom. The van der Waals surface area contributed by atoms with Crippen molar-refractivity contribution in [2.24, 2.45) is 0 Å². The SMILES string of the molecule is O=C(NC(C(=O)N1CCN(C(=O)c2ccccc2F)CC1)S(=O)(=O)c1ccc(F)cc1)c1ccco1. The second-order valence-corrected chi connectivity index (χ2v) is 9.96. The van der Waals surface area contributed by atoms with Crippen LogP contribution >= 0.6 is 0 Å². The summed E-state index contributed by atoms with van der Waals surface area (Å²) in [7, 11) is -4.49. The first-order valence-corrected chi connectivity index (χ1v) is 12.4. The van der Waals surface area contributed by atoms with Crippen molar-refractivity contribution >= 4 is 27.6 Å². The van der Waals surface area contributed by atoms with E-state index in [1.54, 1.807) is 0 Å². The maximum atomic E-state index is 14.0. The lowest BCUT2D eigenvalue weighted by atomic mass is 10.1. The van der Waals surface area contributed by atoms with Gasteiger partial charge in [-0.2, -0.15) is 0 Å². The van der Waals surface area contributed by atoms with E-state index in [9.17, 15) is 31.6 Å². The van der Waals surface area contributed by atoms with E-state index in [0.717, 1.165) is 24.3 Å². The van der Waals surface area contributed by atoms with Crippen LogP contribution in [-0.4, -0.2) is 67.5 Å². The number of nitrogens with one attached hydrogen (secondary N) is 1. The molecule has 12 heteroatoms. The number of hydrogen-bond acceptors (Lipinski definition) is 6. The number of sulfone groups is 1. The van der Waals surface area contributed by atoms with Crippen molar-refractivity contribution in [2.75, 3.05) is 26.2 Å². The van der Waals surface area contributed by atoms with Crippen LogP contribution < -0.4 is 5.32 Å². The normalized spacial score (nSPS) is 14.8. The zero-order valence-electron chi connectivity index (χ0n) is 18.8. The van der Waals surface area contributed by atoms with Gasteiger partial charge in [-0.15, -0.1) is 0 Å². The number of furan rings is 1. The minimum Gasteiger partial charge on any atom is -0.459 e. The molecule has 1 unspecified atom stereocenters. The molecule has 0 spiro atoms. The molecule has 3 aromatic rings. The summed E-state index contributed by atoms with van der Waals surface area (Å²) in [5.41, 5.74) is -0.111. The molecule has 1 aliphatic rings. The molecular formula is C24H21F2N3O6S. The Hall–Kier alpha value is -4.06. The van der Waals surface area contributed by atoms with Gasteiger partial charge in [-0.05, 0) is 48.5 Å². The van der Waals surface area contributed by atoms with Gasteiger partial charge in [-0.3, -0.25) is 14.4 Å². The molecule has 0 saturated carbocycles. The van der Waals surface area contributed by atoms with E-state index in [0.29, 0.717) is 0 Å². The topological polar surface area (TPSA) is 117 Å². The Morgan fingerprint density at radius 1 is 0.861 bits per heavy atom. The van der Waals surface area contributed by atoms with Crippen molar-refractivity contribution in [1.82, 2.24) is 15.1 Å². The molecule has 0 bridgehead atoms. The number of amides is 3. The second kappa shape index (κ2) is 10.3. The van der Waals surface area contributed by atoms with E-state index >= 15 is 0 Å². The first-order chi connectivity index (χ1) is 17.2. The van der Waals surface area contributed by atoms with Gasteiger partial charge < -0.3 is 19.5 Å². The minimum absolute atomic E-state index is 0.0222. The van der Waals surface area contributed by atoms with Crippen LogP contribution in [0.2, 0.25) is 0 Å². The summed E-state index contributed by atoms with van der Waals surface area (Å²) in [6.45, 7) is -0.0567. The van der Waals surface area contributed by atoms with E-state index in [2.05, 4.69) is 5.32 Å². The van der Waals surface area contributed by atoms with Gasteiger partial charge in [0.25, 0.3) is 17.7 Å². The largest absolute Gasteiger partial charge is 0.459 e. The predicted octanol–water partition coefficient (Wildman–Crippen LogP) is 2.07. The number of hydrogen-bond donors (Lipinski definition) is 1. The fourth-order valence-electron chi connectivity index (χ4n) is 3.73. The standard InChI is InChI=1S/C24H21F2N3O6S/c25-16-7-9-17(10-8-16)36(33,34)22(27-21(30)20-6-3-15-35-20)24(32)29-13-11-28(12-14-29)23(31)18-4-1-2-5-19(18)26/h1-10,15,22H,11-14H2,(H,27,30). The van der Waals surface area contributed by atoms with E-state index < -0.39 is 44.6 Å². The molecule has 2 aromatic carbocycles. The van der Waals surface area contributed by atoms with Gasteiger partial charge in [0.15, 0.2) is 5.76 Å². The summed E-state index contributed by atoms with van der Waals surface area (Å²) in [4.78, 5) is 40.8. The highest BCUT2D eigenvalue weighted by Gasteiger charge is 2.40. The molecule has 9 nitrogen and oxygen atoms in total. The number of nitrogens with zero attached hydrogens (tertiary/aromatic N) is 2. The monoisotopic (exact) mass is 517 g/mol. The Bertz CT molecular complexity index is 1370. The fourth-order valence-corrected chi connectivity index (χ4v) is 5.20. The molecule has 2 heterocycles. The zero-order valence-corrected chi connectivity index (χ0v) is 19.6. The van der Waals surface area contributed by atoms with Crippen molar-refractivity contribution in [2.45, 2.75) is 10.3 Å². The molecular weight excluding hydrogens is 496 g/mol. The van der Waals surface area contributed by atoms with Crippen molar-refractivity contribution < 1.29 is 36.0 Å². The van der Waals surface area contributed by atoms with Crippen LogP contribution in [0.15, 0.2) is 76.2 Å². The van der Waals surface area contributed by atoms with E-state index in [4.69, 9.17) is 4.42 Å². The summed E-state index contributed by atoms with van der Waals surface area (Å²) >= 11 is 0. The Kier molecular flexibility index (Phi) is 7.15. The first kappa shape index (κ1) is 25.0. The van der Waals surface area contributed by atoms with Gasteiger partial charge in [0.1, 0.15) is 11.6 Å². The minimum atomic E-state index is -4.49. The maximum Gasteiger partial charge on any atom is 0.288 e. The summed E-state index contributed by atoms with van der Waals surface area (Å²) in [6, 6.07) is 12.1. The molecule has 1 aromatic heterocycles. The molecule has 188 valence electrons. The number of halogens is 2. The van der Waals surface area contributed by atoms with Gasteiger partial charge in [-0.1, -0.05) is 12.1 Å². The van der Waals surface area contributed by atoms with Gasteiger partial charge in [0.05, 0.1) is 16.7 Å². The number of rotatable bonds is 6. The molecule has 0 aliphatic carbocycles. The van der Waals surface area contributed by atoms with Gasteiger partial charge >= 0.3 is 0 Å². The Labute approximate surface area is 205 Å². The third-order valence-corrected chi connectivity index (χ3v) is 7.54. The molecule has 4 rings (SSSR count). The summed E-state index contributed by atoms with van der Waals surface area (Å²) in [5, 5.41) is 0.168. The van der Waals surface area contributed by atoms with Gasteiger partial charge in [0.2, 0.25) is 15.2 Å². The third kappa shape index (κ3) is 5.13. The molecule has 0 radical (unpaired) electrons. The lowest BCUT2D eigenvalue weighted by molar-refractivity contribution is -0.132. The smallest absolute Gasteiger partial charge is 0.288 e. The van der Waals surface area contributed by atoms with Crippen molar-refractivity contribution in [1.29, 1.82) is 0 Å². The lowest BCUT2D eigenvalue weighted by Gasteiger charge is -2.36. The van der Waals surface area contributed by atoms with Crippen LogP contribution in [0, 0.1) is 11.6 Å². The molecule has 1 atom stereocenters. The van der Waals surface area contributed by atoms with Gasteiger partial charge in [-0.25, -0.2) is 17.2 Å². The van der Waals surface area contributed by atoms with Crippen LogP contribution in [-0.2, 0) is 14.6 Å². The zero-order chi connectivity index (χ0) is 25.9. The Balaban J connectivity index is 1.54. The number of carbonyl (C=O) groups is 3. The highest BCUT2D eigenvalue weighted by atomic mass is 32.2. The number of carbonyl (C=O) groups excluding carboxylic acids is 3. The number of piperazine rings is 1. The van der Waals surface area contributed by atoms with Crippen LogP contribution in [0.1, 0.15) is 20.9 Å². The number of benzene rings is 2. The van der Waals surface area contributed by atoms with Crippen molar-refractivity contribution in [3.8, 4) is 0 Å². The molecule has 3 amide bonds.